The quantitative estimate of drug-likeness (QED) is 0.804. The van der Waals surface area contributed by atoms with Gasteiger partial charge in [-0.05, 0) is 38.1 Å². The Balaban J connectivity index is 1.86. The molecule has 21 heavy (non-hydrogen) atoms. The minimum atomic E-state index is -0.927. The van der Waals surface area contributed by atoms with Crippen molar-refractivity contribution < 1.29 is 18.4 Å². The highest BCUT2D eigenvalue weighted by molar-refractivity contribution is 6.07. The fourth-order valence-electron chi connectivity index (χ4n) is 2.85. The molecule has 1 aromatic rings. The Labute approximate surface area is 120 Å². The van der Waals surface area contributed by atoms with E-state index in [9.17, 15) is 18.4 Å². The number of urea groups is 1. The van der Waals surface area contributed by atoms with E-state index < -0.39 is 35.7 Å². The van der Waals surface area contributed by atoms with Crippen LogP contribution in [0, 0.1) is 11.6 Å². The minimum absolute atomic E-state index is 0.271. The Hall–Kier alpha value is -2.02. The number of halogens is 2. The summed E-state index contributed by atoms with van der Waals surface area (Å²) in [6.07, 6.45) is 0.960. The lowest BCUT2D eigenvalue weighted by Gasteiger charge is -2.31. The summed E-state index contributed by atoms with van der Waals surface area (Å²) >= 11 is 0. The van der Waals surface area contributed by atoms with Crippen LogP contribution < -0.4 is 10.6 Å². The molecule has 112 valence electrons. The molecule has 0 bridgehead atoms. The van der Waals surface area contributed by atoms with Gasteiger partial charge in [0.1, 0.15) is 17.2 Å². The zero-order valence-electron chi connectivity index (χ0n) is 11.3. The van der Waals surface area contributed by atoms with E-state index in [-0.39, 0.29) is 5.56 Å². The third kappa shape index (κ3) is 2.27. The summed E-state index contributed by atoms with van der Waals surface area (Å²) in [4.78, 5) is 25.4. The summed E-state index contributed by atoms with van der Waals surface area (Å²) in [5.74, 6) is -1.93. The highest BCUT2D eigenvalue weighted by Crippen LogP contribution is 2.28. The SMILES string of the molecule is O=C1NC2(CCNCC2)C(=O)N1Cc1c(F)cccc1F. The zero-order valence-corrected chi connectivity index (χ0v) is 11.3. The van der Waals surface area contributed by atoms with Crippen molar-refractivity contribution in [3.8, 4) is 0 Å². The van der Waals surface area contributed by atoms with Gasteiger partial charge >= 0.3 is 6.03 Å². The second-order valence-electron chi connectivity index (χ2n) is 5.35. The van der Waals surface area contributed by atoms with Gasteiger partial charge < -0.3 is 10.6 Å². The first-order valence-corrected chi connectivity index (χ1v) is 6.81. The lowest BCUT2D eigenvalue weighted by atomic mass is 9.88. The zero-order chi connectivity index (χ0) is 15.0. The Morgan fingerprint density at radius 3 is 2.38 bits per heavy atom. The number of carbonyl (C=O) groups excluding carboxylic acids is 2. The lowest BCUT2D eigenvalue weighted by molar-refractivity contribution is -0.132. The summed E-state index contributed by atoms with van der Waals surface area (Å²) in [5, 5.41) is 5.79. The van der Waals surface area contributed by atoms with E-state index in [0.717, 1.165) is 17.0 Å². The smallest absolute Gasteiger partial charge is 0.323 e. The number of amides is 3. The maximum absolute atomic E-state index is 13.7. The van der Waals surface area contributed by atoms with E-state index in [2.05, 4.69) is 10.6 Å². The second kappa shape index (κ2) is 5.07. The van der Waals surface area contributed by atoms with Crippen LogP contribution in [0.15, 0.2) is 18.2 Å². The maximum atomic E-state index is 13.7. The fourth-order valence-corrected chi connectivity index (χ4v) is 2.85. The van der Waals surface area contributed by atoms with Gasteiger partial charge in [0.05, 0.1) is 6.54 Å². The van der Waals surface area contributed by atoms with Crippen LogP contribution in [-0.4, -0.2) is 35.5 Å². The van der Waals surface area contributed by atoms with Crippen molar-refractivity contribution in [2.45, 2.75) is 24.9 Å². The van der Waals surface area contributed by atoms with E-state index in [1.807, 2.05) is 0 Å². The minimum Gasteiger partial charge on any atom is -0.323 e. The average Bonchev–Trinajstić information content (AvgIpc) is 2.67. The van der Waals surface area contributed by atoms with E-state index >= 15 is 0 Å². The largest absolute Gasteiger partial charge is 0.325 e. The normalized spacial score (nSPS) is 21.0. The Kier molecular flexibility index (Phi) is 3.36. The van der Waals surface area contributed by atoms with Gasteiger partial charge in [-0.1, -0.05) is 6.07 Å². The van der Waals surface area contributed by atoms with Crippen molar-refractivity contribution in [2.24, 2.45) is 0 Å². The van der Waals surface area contributed by atoms with Gasteiger partial charge in [-0.3, -0.25) is 9.69 Å². The van der Waals surface area contributed by atoms with Crippen LogP contribution in [0.5, 0.6) is 0 Å². The van der Waals surface area contributed by atoms with Crippen molar-refractivity contribution >= 4 is 11.9 Å². The van der Waals surface area contributed by atoms with E-state index in [1.54, 1.807) is 0 Å². The molecule has 2 aliphatic heterocycles. The third-order valence-electron chi connectivity index (χ3n) is 4.08. The molecule has 2 aliphatic rings. The number of imide groups is 1. The van der Waals surface area contributed by atoms with E-state index in [1.165, 1.54) is 6.07 Å². The monoisotopic (exact) mass is 295 g/mol. The molecule has 0 atom stereocenters. The molecule has 2 fully saturated rings. The number of nitrogens with zero attached hydrogens (tertiary/aromatic N) is 1. The molecule has 7 heteroatoms. The summed E-state index contributed by atoms with van der Waals surface area (Å²) in [6, 6.07) is 2.87. The van der Waals surface area contributed by atoms with Gasteiger partial charge in [0, 0.05) is 5.56 Å². The van der Waals surface area contributed by atoms with Crippen molar-refractivity contribution in [1.82, 2.24) is 15.5 Å². The molecule has 0 unspecified atom stereocenters. The summed E-state index contributed by atoms with van der Waals surface area (Å²) in [7, 11) is 0. The van der Waals surface area contributed by atoms with Crippen molar-refractivity contribution in [3.63, 3.8) is 0 Å². The van der Waals surface area contributed by atoms with E-state index in [4.69, 9.17) is 0 Å². The molecular weight excluding hydrogens is 280 g/mol. The van der Waals surface area contributed by atoms with Gasteiger partial charge in [-0.15, -0.1) is 0 Å². The first-order chi connectivity index (χ1) is 10.0. The standard InChI is InChI=1S/C14H15F2N3O2/c15-10-2-1-3-11(16)9(10)8-19-12(20)14(18-13(19)21)4-6-17-7-5-14/h1-3,17H,4-8H2,(H,18,21). The van der Waals surface area contributed by atoms with Crippen LogP contribution in [0.4, 0.5) is 13.6 Å². The van der Waals surface area contributed by atoms with Crippen molar-refractivity contribution in [1.29, 1.82) is 0 Å². The van der Waals surface area contributed by atoms with Crippen molar-refractivity contribution in [3.05, 3.63) is 35.4 Å². The molecule has 0 aromatic heterocycles. The summed E-state index contributed by atoms with van der Waals surface area (Å²) in [6.45, 7) is 0.847. The van der Waals surface area contributed by atoms with Crippen LogP contribution in [-0.2, 0) is 11.3 Å². The van der Waals surface area contributed by atoms with Crippen LogP contribution in [0.1, 0.15) is 18.4 Å². The number of piperidine rings is 1. The first kappa shape index (κ1) is 13.9. The van der Waals surface area contributed by atoms with Crippen LogP contribution in [0.3, 0.4) is 0 Å². The summed E-state index contributed by atoms with van der Waals surface area (Å²) < 4.78 is 27.3. The second-order valence-corrected chi connectivity index (χ2v) is 5.35. The Morgan fingerprint density at radius 2 is 1.76 bits per heavy atom. The topological polar surface area (TPSA) is 61.4 Å². The number of carbonyl (C=O) groups is 2. The molecule has 1 spiro atoms. The lowest BCUT2D eigenvalue weighted by Crippen LogP contribution is -2.53. The molecule has 2 N–H and O–H groups in total. The van der Waals surface area contributed by atoms with Crippen LogP contribution >= 0.6 is 0 Å². The number of hydrogen-bond acceptors (Lipinski definition) is 3. The van der Waals surface area contributed by atoms with Crippen LogP contribution in [0.25, 0.3) is 0 Å². The fraction of sp³-hybridized carbons (Fsp3) is 0.429. The van der Waals surface area contributed by atoms with Gasteiger partial charge in [0.25, 0.3) is 5.91 Å². The molecule has 0 aliphatic carbocycles. The molecule has 0 saturated carbocycles. The third-order valence-corrected chi connectivity index (χ3v) is 4.08. The van der Waals surface area contributed by atoms with Gasteiger partial charge in [-0.25, -0.2) is 13.6 Å². The molecule has 1 aromatic carbocycles. The maximum Gasteiger partial charge on any atom is 0.325 e. The number of rotatable bonds is 2. The predicted molar refractivity (Wildman–Crippen MR) is 70.3 cm³/mol. The molecule has 2 saturated heterocycles. The number of hydrogen-bond donors (Lipinski definition) is 2. The number of benzene rings is 1. The predicted octanol–water partition coefficient (Wildman–Crippen LogP) is 1.14. The highest BCUT2D eigenvalue weighted by atomic mass is 19.1. The molecule has 5 nitrogen and oxygen atoms in total. The molecule has 3 amide bonds. The van der Waals surface area contributed by atoms with Gasteiger partial charge in [-0.2, -0.15) is 0 Å². The first-order valence-electron chi connectivity index (χ1n) is 6.81. The molecule has 0 radical (unpaired) electrons. The molecule has 2 heterocycles. The van der Waals surface area contributed by atoms with Gasteiger partial charge in [0.15, 0.2) is 0 Å². The Morgan fingerprint density at radius 1 is 1.14 bits per heavy atom. The molecule has 3 rings (SSSR count). The Bertz CT molecular complexity index is 580. The highest BCUT2D eigenvalue weighted by Gasteiger charge is 2.51. The van der Waals surface area contributed by atoms with Gasteiger partial charge in [0.2, 0.25) is 0 Å². The molecular formula is C14H15F2N3O2. The average molecular weight is 295 g/mol. The summed E-state index contributed by atoms with van der Waals surface area (Å²) in [5.41, 5.74) is -1.20. The van der Waals surface area contributed by atoms with E-state index in [0.29, 0.717) is 25.9 Å². The number of nitrogens with one attached hydrogen (secondary N) is 2. The van der Waals surface area contributed by atoms with Crippen LogP contribution in [0.2, 0.25) is 0 Å². The van der Waals surface area contributed by atoms with Crippen molar-refractivity contribution in [2.75, 3.05) is 13.1 Å².